The number of carbonyl (C=O) groups is 2. The molecule has 1 aromatic carbocycles. The zero-order valence-electron chi connectivity index (χ0n) is 10.2. The van der Waals surface area contributed by atoms with Gasteiger partial charge in [0.2, 0.25) is 0 Å². The third-order valence-corrected chi connectivity index (χ3v) is 2.43. The summed E-state index contributed by atoms with van der Waals surface area (Å²) in [7, 11) is 0. The number of amides is 2. The lowest BCUT2D eigenvalue weighted by molar-refractivity contribution is -0.137. The van der Waals surface area contributed by atoms with E-state index in [1.807, 2.05) is 0 Å². The first-order valence-corrected chi connectivity index (χ1v) is 5.66. The molecule has 19 heavy (non-hydrogen) atoms. The molecule has 104 valence electrons. The number of hydrogen-bond acceptors (Lipinski definition) is 2. The predicted molar refractivity (Wildman–Crippen MR) is 64.8 cm³/mol. The second-order valence-electron chi connectivity index (χ2n) is 3.93. The summed E-state index contributed by atoms with van der Waals surface area (Å²) in [4.78, 5) is 22.0. The molecule has 0 aliphatic carbocycles. The Bertz CT molecular complexity index is 480. The summed E-state index contributed by atoms with van der Waals surface area (Å²) in [6, 6.07) is 1.30. The lowest BCUT2D eigenvalue weighted by atomic mass is 10.1. The van der Waals surface area contributed by atoms with Crippen LogP contribution in [0.3, 0.4) is 0 Å². The zero-order chi connectivity index (χ0) is 14.4. The average Bonchev–Trinajstić information content (AvgIpc) is 2.32. The minimum atomic E-state index is -1.05. The Kier molecular flexibility index (Phi) is 5.23. The predicted octanol–water partition coefficient (Wildman–Crippen LogP) is 2.34. The zero-order valence-corrected chi connectivity index (χ0v) is 10.2. The highest BCUT2D eigenvalue weighted by Gasteiger charge is 2.15. The van der Waals surface area contributed by atoms with Crippen LogP contribution in [0.15, 0.2) is 18.2 Å². The highest BCUT2D eigenvalue weighted by molar-refractivity contribution is 5.89. The second kappa shape index (κ2) is 6.67. The van der Waals surface area contributed by atoms with Crippen LogP contribution in [0.2, 0.25) is 0 Å². The van der Waals surface area contributed by atoms with Gasteiger partial charge < -0.3 is 15.7 Å². The maximum absolute atomic E-state index is 13.3. The molecule has 0 aromatic heterocycles. The standard InChI is InChI=1S/C12H14F2N2O3/c1-2-8(6-11(17)18)15-12(19)16-10-5-7(13)3-4-9(10)14/h3-5,8H,2,6H2,1H3,(H,17,18)(H2,15,16,19). The normalized spacial score (nSPS) is 11.7. The number of aliphatic carboxylic acids is 1. The average molecular weight is 272 g/mol. The van der Waals surface area contributed by atoms with Crippen molar-refractivity contribution in [1.82, 2.24) is 5.32 Å². The summed E-state index contributed by atoms with van der Waals surface area (Å²) in [5.74, 6) is -2.51. The van der Waals surface area contributed by atoms with E-state index in [1.165, 1.54) is 0 Å². The van der Waals surface area contributed by atoms with Crippen molar-refractivity contribution in [2.24, 2.45) is 0 Å². The molecule has 0 heterocycles. The summed E-state index contributed by atoms with van der Waals surface area (Å²) in [5, 5.41) is 13.1. The topological polar surface area (TPSA) is 78.4 Å². The first-order chi connectivity index (χ1) is 8.92. The van der Waals surface area contributed by atoms with Crippen LogP contribution in [-0.4, -0.2) is 23.1 Å². The van der Waals surface area contributed by atoms with E-state index in [2.05, 4.69) is 10.6 Å². The molecule has 7 heteroatoms. The van der Waals surface area contributed by atoms with Crippen LogP contribution >= 0.6 is 0 Å². The molecule has 3 N–H and O–H groups in total. The SMILES string of the molecule is CCC(CC(=O)O)NC(=O)Nc1cc(F)ccc1F. The molecule has 0 saturated carbocycles. The molecule has 0 saturated heterocycles. The van der Waals surface area contributed by atoms with E-state index in [0.717, 1.165) is 18.2 Å². The Morgan fingerprint density at radius 3 is 2.63 bits per heavy atom. The van der Waals surface area contributed by atoms with Crippen molar-refractivity contribution < 1.29 is 23.5 Å². The van der Waals surface area contributed by atoms with Crippen LogP contribution in [0.25, 0.3) is 0 Å². The monoisotopic (exact) mass is 272 g/mol. The molecular formula is C12H14F2N2O3. The quantitative estimate of drug-likeness (QED) is 0.769. The molecule has 1 aromatic rings. The molecule has 1 unspecified atom stereocenters. The molecule has 0 aliphatic rings. The van der Waals surface area contributed by atoms with Crippen molar-refractivity contribution in [1.29, 1.82) is 0 Å². The molecule has 5 nitrogen and oxygen atoms in total. The number of nitrogens with one attached hydrogen (secondary N) is 2. The molecule has 0 fully saturated rings. The van der Waals surface area contributed by atoms with Gasteiger partial charge in [-0.05, 0) is 18.6 Å². The molecular weight excluding hydrogens is 258 g/mol. The lowest BCUT2D eigenvalue weighted by Crippen LogP contribution is -2.39. The fraction of sp³-hybridized carbons (Fsp3) is 0.333. The van der Waals surface area contributed by atoms with Crippen molar-refractivity contribution in [3.05, 3.63) is 29.8 Å². The van der Waals surface area contributed by atoms with Gasteiger partial charge in [0.25, 0.3) is 0 Å². The van der Waals surface area contributed by atoms with E-state index in [-0.39, 0.29) is 12.1 Å². The largest absolute Gasteiger partial charge is 0.481 e. The van der Waals surface area contributed by atoms with E-state index in [4.69, 9.17) is 5.11 Å². The van der Waals surface area contributed by atoms with E-state index in [0.29, 0.717) is 6.42 Å². The number of rotatable bonds is 5. The third-order valence-electron chi connectivity index (χ3n) is 2.43. The Morgan fingerprint density at radius 1 is 1.37 bits per heavy atom. The van der Waals surface area contributed by atoms with Gasteiger partial charge in [-0.15, -0.1) is 0 Å². The summed E-state index contributed by atoms with van der Waals surface area (Å²) in [5.41, 5.74) is -0.303. The van der Waals surface area contributed by atoms with E-state index in [1.54, 1.807) is 6.92 Å². The van der Waals surface area contributed by atoms with Gasteiger partial charge >= 0.3 is 12.0 Å². The molecule has 2 amide bonds. The fourth-order valence-electron chi connectivity index (χ4n) is 1.45. The minimum absolute atomic E-state index is 0.241. The van der Waals surface area contributed by atoms with Crippen LogP contribution in [-0.2, 0) is 4.79 Å². The number of hydrogen-bond donors (Lipinski definition) is 3. The summed E-state index contributed by atoms with van der Waals surface area (Å²) in [6.45, 7) is 1.71. The highest BCUT2D eigenvalue weighted by atomic mass is 19.1. The van der Waals surface area contributed by atoms with Gasteiger partial charge in [0.05, 0.1) is 12.1 Å². The van der Waals surface area contributed by atoms with Gasteiger partial charge in [0.15, 0.2) is 0 Å². The Morgan fingerprint density at radius 2 is 2.05 bits per heavy atom. The highest BCUT2D eigenvalue weighted by Crippen LogP contribution is 2.15. The van der Waals surface area contributed by atoms with Crippen molar-refractivity contribution in [2.75, 3.05) is 5.32 Å². The van der Waals surface area contributed by atoms with Crippen molar-refractivity contribution >= 4 is 17.7 Å². The van der Waals surface area contributed by atoms with Crippen molar-refractivity contribution in [3.63, 3.8) is 0 Å². The van der Waals surface area contributed by atoms with Crippen LogP contribution in [0.4, 0.5) is 19.3 Å². The van der Waals surface area contributed by atoms with Gasteiger partial charge in [-0.25, -0.2) is 13.6 Å². The lowest BCUT2D eigenvalue weighted by Gasteiger charge is -2.15. The Balaban J connectivity index is 2.63. The molecule has 0 spiro atoms. The molecule has 1 rings (SSSR count). The van der Waals surface area contributed by atoms with Gasteiger partial charge in [-0.3, -0.25) is 4.79 Å². The van der Waals surface area contributed by atoms with E-state index < -0.39 is 29.7 Å². The molecule has 0 aliphatic heterocycles. The Labute approximate surface area is 108 Å². The number of carboxylic acids is 1. The van der Waals surface area contributed by atoms with Crippen molar-refractivity contribution in [3.8, 4) is 0 Å². The van der Waals surface area contributed by atoms with Gasteiger partial charge in [0.1, 0.15) is 11.6 Å². The summed E-state index contributed by atoms with van der Waals surface area (Å²) in [6.07, 6.45) is 0.168. The van der Waals surface area contributed by atoms with E-state index >= 15 is 0 Å². The molecule has 0 bridgehead atoms. The van der Waals surface area contributed by atoms with Crippen LogP contribution in [0, 0.1) is 11.6 Å². The third kappa shape index (κ3) is 4.90. The maximum Gasteiger partial charge on any atom is 0.319 e. The number of carboxylic acid groups (broad SMARTS) is 1. The molecule has 1 atom stereocenters. The van der Waals surface area contributed by atoms with Crippen LogP contribution in [0.5, 0.6) is 0 Å². The molecule has 0 radical (unpaired) electrons. The van der Waals surface area contributed by atoms with E-state index in [9.17, 15) is 18.4 Å². The number of halogens is 2. The fourth-order valence-corrected chi connectivity index (χ4v) is 1.45. The van der Waals surface area contributed by atoms with Gasteiger partial charge in [0, 0.05) is 12.1 Å². The van der Waals surface area contributed by atoms with Gasteiger partial charge in [-0.2, -0.15) is 0 Å². The summed E-state index contributed by atoms with van der Waals surface area (Å²) < 4.78 is 26.1. The first kappa shape index (κ1) is 14.9. The first-order valence-electron chi connectivity index (χ1n) is 5.66. The number of urea groups is 1. The minimum Gasteiger partial charge on any atom is -0.481 e. The van der Waals surface area contributed by atoms with Crippen LogP contribution in [0.1, 0.15) is 19.8 Å². The van der Waals surface area contributed by atoms with Gasteiger partial charge in [-0.1, -0.05) is 6.92 Å². The second-order valence-corrected chi connectivity index (χ2v) is 3.93. The maximum atomic E-state index is 13.3. The number of benzene rings is 1. The summed E-state index contributed by atoms with van der Waals surface area (Å²) >= 11 is 0. The van der Waals surface area contributed by atoms with Crippen LogP contribution < -0.4 is 10.6 Å². The Hall–Kier alpha value is -2.18. The number of carbonyl (C=O) groups excluding carboxylic acids is 1. The number of anilines is 1. The van der Waals surface area contributed by atoms with Crippen molar-refractivity contribution in [2.45, 2.75) is 25.8 Å². The smallest absolute Gasteiger partial charge is 0.319 e.